The number of thiophene rings is 1. The Kier molecular flexibility index (Phi) is 4.64. The number of fused-ring (bicyclic) bond motifs is 1. The van der Waals surface area contributed by atoms with Gasteiger partial charge in [-0.05, 0) is 53.3 Å². The van der Waals surface area contributed by atoms with Gasteiger partial charge in [0.1, 0.15) is 5.82 Å². The first-order valence-corrected chi connectivity index (χ1v) is 10.2. The fraction of sp³-hybridized carbons (Fsp3) is 0.261. The number of hydrogen-bond donors (Lipinski definition) is 1. The van der Waals surface area contributed by atoms with Gasteiger partial charge in [-0.1, -0.05) is 51.1 Å². The van der Waals surface area contributed by atoms with Gasteiger partial charge in [-0.25, -0.2) is 4.98 Å². The third-order valence-corrected chi connectivity index (χ3v) is 6.32. The number of H-pyrrole nitrogens is 1. The number of rotatable bonds is 5. The van der Waals surface area contributed by atoms with Crippen molar-refractivity contribution in [3.05, 3.63) is 66.0 Å². The predicted octanol–water partition coefficient (Wildman–Crippen LogP) is 7.03. The fourth-order valence-electron chi connectivity index (χ4n) is 3.24. The van der Waals surface area contributed by atoms with E-state index >= 15 is 0 Å². The van der Waals surface area contributed by atoms with Crippen molar-refractivity contribution < 1.29 is 0 Å². The zero-order valence-corrected chi connectivity index (χ0v) is 16.4. The molecule has 0 aliphatic carbocycles. The summed E-state index contributed by atoms with van der Waals surface area (Å²) in [5.74, 6) is 1.67. The van der Waals surface area contributed by atoms with Gasteiger partial charge in [0.25, 0.3) is 0 Å². The molecule has 0 aliphatic heterocycles. The molecule has 132 valence electrons. The van der Waals surface area contributed by atoms with E-state index in [4.69, 9.17) is 0 Å². The van der Waals surface area contributed by atoms with E-state index in [1.807, 2.05) is 11.3 Å². The van der Waals surface area contributed by atoms with Crippen LogP contribution in [0.3, 0.4) is 0 Å². The topological polar surface area (TPSA) is 28.7 Å². The van der Waals surface area contributed by atoms with Crippen LogP contribution < -0.4 is 0 Å². The van der Waals surface area contributed by atoms with Gasteiger partial charge in [-0.3, -0.25) is 0 Å². The van der Waals surface area contributed by atoms with Crippen molar-refractivity contribution in [2.45, 2.75) is 39.5 Å². The van der Waals surface area contributed by atoms with Gasteiger partial charge >= 0.3 is 0 Å². The summed E-state index contributed by atoms with van der Waals surface area (Å²) in [5.41, 5.74) is 6.13. The highest BCUT2D eigenvalue weighted by Gasteiger charge is 2.09. The largest absolute Gasteiger partial charge is 0.342 e. The van der Waals surface area contributed by atoms with Gasteiger partial charge in [0, 0.05) is 16.2 Å². The molecular formula is C23H24N2S. The van der Waals surface area contributed by atoms with Crippen molar-refractivity contribution in [2.24, 2.45) is 0 Å². The molecule has 0 fully saturated rings. The van der Waals surface area contributed by atoms with E-state index in [1.54, 1.807) is 0 Å². The monoisotopic (exact) mass is 360 g/mol. The van der Waals surface area contributed by atoms with Crippen molar-refractivity contribution >= 4 is 22.4 Å². The first-order valence-electron chi connectivity index (χ1n) is 9.37. The van der Waals surface area contributed by atoms with Crippen molar-refractivity contribution in [1.82, 2.24) is 9.97 Å². The zero-order valence-electron chi connectivity index (χ0n) is 15.5. The molecule has 2 heterocycles. The minimum atomic E-state index is 0.622. The summed E-state index contributed by atoms with van der Waals surface area (Å²) in [6.45, 7) is 6.65. The molecule has 0 bridgehead atoms. The zero-order chi connectivity index (χ0) is 18.1. The Labute approximate surface area is 158 Å². The normalized spacial score (nSPS) is 12.6. The van der Waals surface area contributed by atoms with Gasteiger partial charge in [-0.15, -0.1) is 11.3 Å². The van der Waals surface area contributed by atoms with E-state index in [9.17, 15) is 0 Å². The highest BCUT2D eigenvalue weighted by atomic mass is 32.1. The molecule has 4 aromatic rings. The molecule has 4 rings (SSSR count). The number of benzene rings is 2. The lowest BCUT2D eigenvalue weighted by Crippen LogP contribution is -1.90. The second-order valence-electron chi connectivity index (χ2n) is 6.86. The lowest BCUT2D eigenvalue weighted by atomic mass is 9.97. The van der Waals surface area contributed by atoms with E-state index in [2.05, 4.69) is 85.3 Å². The maximum Gasteiger partial charge on any atom is 0.106 e. The Morgan fingerprint density at radius 3 is 2.31 bits per heavy atom. The number of aromatic amines is 1. The van der Waals surface area contributed by atoms with Crippen LogP contribution in [0.4, 0.5) is 0 Å². The fourth-order valence-corrected chi connectivity index (χ4v) is 4.25. The van der Waals surface area contributed by atoms with E-state index < -0.39 is 0 Å². The van der Waals surface area contributed by atoms with Crippen molar-refractivity contribution in [2.75, 3.05) is 0 Å². The van der Waals surface area contributed by atoms with Gasteiger partial charge in [0.05, 0.1) is 11.0 Å². The van der Waals surface area contributed by atoms with Gasteiger partial charge in [0.2, 0.25) is 0 Å². The lowest BCUT2D eigenvalue weighted by Gasteiger charge is -2.09. The summed E-state index contributed by atoms with van der Waals surface area (Å²) in [7, 11) is 0. The number of aryl methyl sites for hydroxylation is 1. The molecule has 1 N–H and O–H groups in total. The molecule has 0 saturated heterocycles. The van der Waals surface area contributed by atoms with E-state index in [-0.39, 0.29) is 0 Å². The molecule has 3 heteroatoms. The third kappa shape index (κ3) is 3.19. The van der Waals surface area contributed by atoms with E-state index in [0.717, 1.165) is 23.3 Å². The number of nitrogens with one attached hydrogen (secondary N) is 1. The summed E-state index contributed by atoms with van der Waals surface area (Å²) >= 11 is 1.85. The standard InChI is InChI=1S/C23H24N2S/c1-4-15(3)16-6-8-17(9-7-16)21-12-13-22(26-21)18-10-11-19-20(14-18)25-23(5-2)24-19/h6-15H,4-5H2,1-3H3,(H,24,25). The summed E-state index contributed by atoms with van der Waals surface area (Å²) < 4.78 is 0. The SMILES string of the molecule is CCc1nc2ccc(-c3ccc(-c4ccc(C(C)CC)cc4)s3)cc2[nH]1. The first kappa shape index (κ1) is 17.0. The van der Waals surface area contributed by atoms with Crippen LogP contribution in [0.25, 0.3) is 31.9 Å². The highest BCUT2D eigenvalue weighted by Crippen LogP contribution is 2.36. The summed E-state index contributed by atoms with van der Waals surface area (Å²) in [4.78, 5) is 10.6. The molecule has 1 unspecified atom stereocenters. The Balaban J connectivity index is 1.63. The number of hydrogen-bond acceptors (Lipinski definition) is 2. The molecule has 0 spiro atoms. The Bertz CT molecular complexity index is 1020. The van der Waals surface area contributed by atoms with Crippen LogP contribution in [-0.2, 0) is 6.42 Å². The van der Waals surface area contributed by atoms with Crippen molar-refractivity contribution in [3.63, 3.8) is 0 Å². The van der Waals surface area contributed by atoms with Crippen LogP contribution in [0.1, 0.15) is 44.5 Å². The Hall–Kier alpha value is -2.39. The van der Waals surface area contributed by atoms with Crippen molar-refractivity contribution in [3.8, 4) is 20.9 Å². The maximum atomic E-state index is 4.60. The van der Waals surface area contributed by atoms with Crippen molar-refractivity contribution in [1.29, 1.82) is 0 Å². The number of imidazole rings is 1. The second kappa shape index (κ2) is 7.08. The molecule has 0 radical (unpaired) electrons. The summed E-state index contributed by atoms with van der Waals surface area (Å²) in [6, 6.07) is 20.0. The van der Waals surface area contributed by atoms with Gasteiger partial charge < -0.3 is 4.98 Å². The summed E-state index contributed by atoms with van der Waals surface area (Å²) in [5, 5.41) is 0. The second-order valence-corrected chi connectivity index (χ2v) is 7.95. The Morgan fingerprint density at radius 1 is 0.923 bits per heavy atom. The lowest BCUT2D eigenvalue weighted by molar-refractivity contribution is 0.734. The van der Waals surface area contributed by atoms with Crippen LogP contribution in [0.5, 0.6) is 0 Å². The van der Waals surface area contributed by atoms with Crippen LogP contribution in [0.15, 0.2) is 54.6 Å². The molecule has 0 saturated carbocycles. The highest BCUT2D eigenvalue weighted by molar-refractivity contribution is 7.18. The average Bonchev–Trinajstić information content (AvgIpc) is 3.33. The molecule has 2 nitrogen and oxygen atoms in total. The van der Waals surface area contributed by atoms with Crippen LogP contribution in [0.2, 0.25) is 0 Å². The first-order chi connectivity index (χ1) is 12.7. The van der Waals surface area contributed by atoms with Crippen LogP contribution in [0, 0.1) is 0 Å². The van der Waals surface area contributed by atoms with Crippen LogP contribution >= 0.6 is 11.3 Å². The minimum Gasteiger partial charge on any atom is -0.342 e. The van der Waals surface area contributed by atoms with Gasteiger partial charge in [0.15, 0.2) is 0 Å². The molecule has 0 aliphatic rings. The quantitative estimate of drug-likeness (QED) is 0.406. The average molecular weight is 361 g/mol. The molecule has 26 heavy (non-hydrogen) atoms. The summed E-state index contributed by atoms with van der Waals surface area (Å²) in [6.07, 6.45) is 2.11. The van der Waals surface area contributed by atoms with E-state index in [1.165, 1.54) is 32.9 Å². The molecule has 0 amide bonds. The molecule has 1 atom stereocenters. The number of nitrogens with zero attached hydrogens (tertiary/aromatic N) is 1. The molecule has 2 aromatic carbocycles. The predicted molar refractivity (Wildman–Crippen MR) is 113 cm³/mol. The van der Waals surface area contributed by atoms with Gasteiger partial charge in [-0.2, -0.15) is 0 Å². The van der Waals surface area contributed by atoms with Crippen LogP contribution in [-0.4, -0.2) is 9.97 Å². The van der Waals surface area contributed by atoms with E-state index in [0.29, 0.717) is 5.92 Å². The number of aromatic nitrogens is 2. The molecule has 2 aromatic heterocycles. The minimum absolute atomic E-state index is 0.622. The smallest absolute Gasteiger partial charge is 0.106 e. The maximum absolute atomic E-state index is 4.60. The molecular weight excluding hydrogens is 336 g/mol. The third-order valence-electron chi connectivity index (χ3n) is 5.13. The Morgan fingerprint density at radius 2 is 1.62 bits per heavy atom.